The molecule has 2 N–H and O–H groups in total. The van der Waals surface area contributed by atoms with Crippen LogP contribution in [0.25, 0.3) is 0 Å². The topological polar surface area (TPSA) is 54.8 Å². The number of benzene rings is 1. The SMILES string of the molecule is C=C1CCOc2ccc(CN3CCN(NC)C(=N)C3)cc2N1C. The summed E-state index contributed by atoms with van der Waals surface area (Å²) in [6, 6.07) is 6.35. The first-order valence-corrected chi connectivity index (χ1v) is 8.00. The molecule has 1 aromatic rings. The van der Waals surface area contributed by atoms with E-state index in [4.69, 9.17) is 10.1 Å². The van der Waals surface area contributed by atoms with E-state index in [0.717, 1.165) is 43.2 Å². The van der Waals surface area contributed by atoms with Crippen molar-refractivity contribution in [2.75, 3.05) is 45.2 Å². The van der Waals surface area contributed by atoms with E-state index >= 15 is 0 Å². The van der Waals surface area contributed by atoms with Crippen LogP contribution in [0.3, 0.4) is 0 Å². The van der Waals surface area contributed by atoms with Gasteiger partial charge in [-0.05, 0) is 17.7 Å². The fourth-order valence-corrected chi connectivity index (χ4v) is 3.05. The predicted molar refractivity (Wildman–Crippen MR) is 92.9 cm³/mol. The molecule has 23 heavy (non-hydrogen) atoms. The largest absolute Gasteiger partial charge is 0.491 e. The van der Waals surface area contributed by atoms with E-state index in [-0.39, 0.29) is 0 Å². The predicted octanol–water partition coefficient (Wildman–Crippen LogP) is 1.65. The Bertz CT molecular complexity index is 615. The molecule has 1 fully saturated rings. The number of rotatable bonds is 3. The minimum Gasteiger partial charge on any atom is -0.491 e. The fourth-order valence-electron chi connectivity index (χ4n) is 3.05. The molecule has 0 aliphatic carbocycles. The first-order valence-electron chi connectivity index (χ1n) is 8.00. The van der Waals surface area contributed by atoms with E-state index in [1.807, 2.05) is 19.1 Å². The Morgan fingerprint density at radius 3 is 2.91 bits per heavy atom. The van der Waals surface area contributed by atoms with E-state index in [0.29, 0.717) is 19.0 Å². The number of fused-ring (bicyclic) bond motifs is 1. The molecule has 0 unspecified atom stereocenters. The third-order valence-corrected chi connectivity index (χ3v) is 4.52. The number of nitrogens with one attached hydrogen (secondary N) is 2. The lowest BCUT2D eigenvalue weighted by Gasteiger charge is -2.35. The molecule has 0 bridgehead atoms. The molecular weight excluding hydrogens is 290 g/mol. The first kappa shape index (κ1) is 15.8. The van der Waals surface area contributed by atoms with Gasteiger partial charge in [0.2, 0.25) is 0 Å². The van der Waals surface area contributed by atoms with Crippen LogP contribution in [0.4, 0.5) is 5.69 Å². The fraction of sp³-hybridized carbons (Fsp3) is 0.471. The molecule has 0 radical (unpaired) electrons. The Morgan fingerprint density at radius 1 is 1.35 bits per heavy atom. The van der Waals surface area contributed by atoms with Crippen LogP contribution in [0, 0.1) is 5.41 Å². The number of anilines is 1. The highest BCUT2D eigenvalue weighted by Crippen LogP contribution is 2.34. The Labute approximate surface area is 137 Å². The zero-order chi connectivity index (χ0) is 16.4. The van der Waals surface area contributed by atoms with Gasteiger partial charge in [0.1, 0.15) is 11.6 Å². The number of hydrogen-bond donors (Lipinski definition) is 2. The van der Waals surface area contributed by atoms with Gasteiger partial charge in [-0.3, -0.25) is 15.3 Å². The second-order valence-corrected chi connectivity index (χ2v) is 6.06. The molecule has 0 saturated carbocycles. The van der Waals surface area contributed by atoms with Gasteiger partial charge < -0.3 is 9.64 Å². The van der Waals surface area contributed by atoms with Crippen molar-refractivity contribution in [2.24, 2.45) is 0 Å². The maximum absolute atomic E-state index is 8.06. The molecule has 6 nitrogen and oxygen atoms in total. The molecule has 2 aliphatic heterocycles. The summed E-state index contributed by atoms with van der Waals surface area (Å²) in [5.74, 6) is 1.53. The standard InChI is InChI=1S/C17H25N5O/c1-13-6-9-23-16-5-4-14(10-15(16)20(13)3)11-21-7-8-22(19-2)17(18)12-21/h4-5,10,18-19H,1,6-9,11-12H2,2-3H3. The summed E-state index contributed by atoms with van der Waals surface area (Å²) < 4.78 is 5.81. The van der Waals surface area contributed by atoms with Crippen molar-refractivity contribution < 1.29 is 4.74 Å². The highest BCUT2D eigenvalue weighted by molar-refractivity contribution is 5.81. The maximum atomic E-state index is 8.06. The third kappa shape index (κ3) is 3.33. The summed E-state index contributed by atoms with van der Waals surface area (Å²) in [7, 11) is 3.90. The van der Waals surface area contributed by atoms with Crippen molar-refractivity contribution >= 4 is 11.5 Å². The highest BCUT2D eigenvalue weighted by atomic mass is 16.5. The summed E-state index contributed by atoms with van der Waals surface area (Å²) in [6.45, 7) is 8.08. The van der Waals surface area contributed by atoms with E-state index in [2.05, 4.69) is 40.0 Å². The van der Waals surface area contributed by atoms with Gasteiger partial charge in [-0.1, -0.05) is 12.6 Å². The van der Waals surface area contributed by atoms with Crippen molar-refractivity contribution in [3.05, 3.63) is 36.0 Å². The van der Waals surface area contributed by atoms with Crippen LogP contribution in [0.15, 0.2) is 30.5 Å². The average Bonchev–Trinajstić information content (AvgIpc) is 2.68. The highest BCUT2D eigenvalue weighted by Gasteiger charge is 2.21. The van der Waals surface area contributed by atoms with Crippen LogP contribution in [0.5, 0.6) is 5.75 Å². The van der Waals surface area contributed by atoms with E-state index < -0.39 is 0 Å². The van der Waals surface area contributed by atoms with Gasteiger partial charge in [0.25, 0.3) is 0 Å². The van der Waals surface area contributed by atoms with Crippen LogP contribution in [-0.2, 0) is 6.54 Å². The van der Waals surface area contributed by atoms with Gasteiger partial charge in [-0.2, -0.15) is 0 Å². The molecule has 0 aromatic heterocycles. The number of piperazine rings is 1. The first-order chi connectivity index (χ1) is 11.1. The smallest absolute Gasteiger partial charge is 0.142 e. The van der Waals surface area contributed by atoms with E-state index in [1.165, 1.54) is 5.56 Å². The zero-order valence-electron chi connectivity index (χ0n) is 13.9. The second-order valence-electron chi connectivity index (χ2n) is 6.06. The number of hydrogen-bond acceptors (Lipinski definition) is 5. The van der Waals surface area contributed by atoms with Crippen LogP contribution in [0.1, 0.15) is 12.0 Å². The second kappa shape index (κ2) is 6.60. The van der Waals surface area contributed by atoms with Crippen molar-refractivity contribution in [3.63, 3.8) is 0 Å². The Morgan fingerprint density at radius 2 is 2.17 bits per heavy atom. The lowest BCUT2D eigenvalue weighted by molar-refractivity contribution is 0.194. The third-order valence-electron chi connectivity index (χ3n) is 4.52. The van der Waals surface area contributed by atoms with Gasteiger partial charge in [0.05, 0.1) is 18.8 Å². The number of nitrogens with zero attached hydrogens (tertiary/aromatic N) is 3. The van der Waals surface area contributed by atoms with Crippen LogP contribution >= 0.6 is 0 Å². The lowest BCUT2D eigenvalue weighted by atomic mass is 10.1. The maximum Gasteiger partial charge on any atom is 0.142 e. The molecule has 2 aliphatic rings. The van der Waals surface area contributed by atoms with Gasteiger partial charge in [-0.25, -0.2) is 5.43 Å². The molecule has 0 atom stereocenters. The average molecular weight is 315 g/mol. The Balaban J connectivity index is 1.74. The number of hydrazine groups is 1. The van der Waals surface area contributed by atoms with Crippen molar-refractivity contribution in [2.45, 2.75) is 13.0 Å². The Kier molecular flexibility index (Phi) is 4.54. The van der Waals surface area contributed by atoms with Crippen LogP contribution in [-0.4, -0.2) is 56.1 Å². The summed E-state index contributed by atoms with van der Waals surface area (Å²) in [4.78, 5) is 4.41. The minimum absolute atomic E-state index is 0.613. The molecule has 124 valence electrons. The summed E-state index contributed by atoms with van der Waals surface area (Å²) in [5, 5.41) is 9.95. The lowest BCUT2D eigenvalue weighted by Crippen LogP contribution is -2.53. The molecule has 6 heteroatoms. The molecule has 3 rings (SSSR count). The normalized spacial score (nSPS) is 19.4. The summed E-state index contributed by atoms with van der Waals surface area (Å²) in [5.41, 5.74) is 6.43. The van der Waals surface area contributed by atoms with Gasteiger partial charge in [-0.15, -0.1) is 0 Å². The van der Waals surface area contributed by atoms with E-state index in [1.54, 1.807) is 0 Å². The molecule has 0 spiro atoms. The zero-order valence-corrected chi connectivity index (χ0v) is 13.9. The number of ether oxygens (including phenoxy) is 1. The summed E-state index contributed by atoms with van der Waals surface area (Å²) in [6.07, 6.45) is 0.851. The monoisotopic (exact) mass is 315 g/mol. The van der Waals surface area contributed by atoms with Crippen molar-refractivity contribution in [3.8, 4) is 5.75 Å². The molecule has 1 saturated heterocycles. The summed E-state index contributed by atoms with van der Waals surface area (Å²) >= 11 is 0. The molecule has 1 aromatic carbocycles. The molecule has 0 amide bonds. The van der Waals surface area contributed by atoms with Crippen LogP contribution in [0.2, 0.25) is 0 Å². The quantitative estimate of drug-likeness (QED) is 0.888. The van der Waals surface area contributed by atoms with Crippen molar-refractivity contribution in [1.29, 1.82) is 5.41 Å². The minimum atomic E-state index is 0.613. The number of amidine groups is 1. The van der Waals surface area contributed by atoms with Gasteiger partial charge in [0.15, 0.2) is 0 Å². The molecular formula is C17H25N5O. The van der Waals surface area contributed by atoms with Crippen molar-refractivity contribution in [1.82, 2.24) is 15.3 Å². The van der Waals surface area contributed by atoms with Gasteiger partial charge >= 0.3 is 0 Å². The van der Waals surface area contributed by atoms with E-state index in [9.17, 15) is 0 Å². The Hall–Kier alpha value is -2.05. The van der Waals surface area contributed by atoms with Gasteiger partial charge in [0, 0.05) is 45.8 Å². The van der Waals surface area contributed by atoms with Crippen LogP contribution < -0.4 is 15.1 Å². The molecule has 2 heterocycles.